The van der Waals surface area contributed by atoms with E-state index in [1.54, 1.807) is 4.90 Å². The van der Waals surface area contributed by atoms with Gasteiger partial charge in [-0.3, -0.25) is 19.0 Å². The fourth-order valence-electron chi connectivity index (χ4n) is 3.61. The molecule has 1 aliphatic heterocycles. The summed E-state index contributed by atoms with van der Waals surface area (Å²) in [5, 5.41) is 17.2. The van der Waals surface area contributed by atoms with Crippen LogP contribution in [0.15, 0.2) is 17.1 Å². The molecule has 1 atom stereocenters. The Bertz CT molecular complexity index is 1190. The van der Waals surface area contributed by atoms with Crippen molar-refractivity contribution in [3.8, 4) is 5.88 Å². The maximum absolute atomic E-state index is 13.3. The number of aromatic nitrogens is 3. The first-order valence-electron chi connectivity index (χ1n) is 10.8. The molecule has 184 valence electrons. The fourth-order valence-corrected chi connectivity index (χ4v) is 3.61. The van der Waals surface area contributed by atoms with Crippen LogP contribution in [0.1, 0.15) is 35.7 Å². The van der Waals surface area contributed by atoms with Crippen molar-refractivity contribution in [1.82, 2.24) is 24.4 Å². The lowest BCUT2D eigenvalue weighted by Gasteiger charge is -2.25. The molecule has 2 amide bonds. The van der Waals surface area contributed by atoms with Gasteiger partial charge >= 0.3 is 6.18 Å². The molecule has 10 nitrogen and oxygen atoms in total. The number of ether oxygens (including phenoxy) is 1. The van der Waals surface area contributed by atoms with Crippen molar-refractivity contribution in [2.24, 2.45) is 5.92 Å². The number of hydrogen-bond acceptors (Lipinski definition) is 6. The molecule has 0 aromatic carbocycles. The van der Waals surface area contributed by atoms with Crippen LogP contribution in [0, 0.1) is 5.92 Å². The molecule has 1 aliphatic carbocycles. The molecule has 2 fully saturated rings. The predicted octanol–water partition coefficient (Wildman–Crippen LogP) is 1.16. The number of alkyl halides is 3. The van der Waals surface area contributed by atoms with Crippen LogP contribution in [0.5, 0.6) is 5.88 Å². The molecule has 4 rings (SSSR count). The second-order valence-corrected chi connectivity index (χ2v) is 8.41. The van der Waals surface area contributed by atoms with Crippen LogP contribution < -0.4 is 10.9 Å². The molecule has 0 spiro atoms. The molecule has 1 saturated carbocycles. The van der Waals surface area contributed by atoms with Gasteiger partial charge in [0, 0.05) is 37.3 Å². The maximum atomic E-state index is 13.3. The van der Waals surface area contributed by atoms with E-state index in [-0.39, 0.29) is 23.2 Å². The molecule has 0 radical (unpaired) electrons. The minimum Gasteiger partial charge on any atom is -0.492 e. The van der Waals surface area contributed by atoms with Crippen molar-refractivity contribution in [3.05, 3.63) is 33.8 Å². The highest BCUT2D eigenvalue weighted by atomic mass is 19.4. The lowest BCUT2D eigenvalue weighted by Crippen LogP contribution is -2.39. The average molecular weight is 483 g/mol. The van der Waals surface area contributed by atoms with E-state index >= 15 is 0 Å². The van der Waals surface area contributed by atoms with Gasteiger partial charge in [-0.2, -0.15) is 22.8 Å². The molecule has 1 unspecified atom stereocenters. The Kier molecular flexibility index (Phi) is 6.39. The van der Waals surface area contributed by atoms with E-state index in [0.717, 1.165) is 16.0 Å². The predicted molar refractivity (Wildman–Crippen MR) is 113 cm³/mol. The third-order valence-corrected chi connectivity index (χ3v) is 5.79. The Morgan fingerprint density at radius 2 is 2.00 bits per heavy atom. The number of nitrogens with one attached hydrogen (secondary N) is 1. The first kappa shape index (κ1) is 23.8. The van der Waals surface area contributed by atoms with Crippen LogP contribution in [-0.2, 0) is 16.1 Å². The topological polar surface area (TPSA) is 118 Å². The van der Waals surface area contributed by atoms with Crippen LogP contribution in [0.3, 0.4) is 0 Å². The number of hydrogen-bond donors (Lipinski definition) is 2. The molecular formula is C21H24F3N5O5. The summed E-state index contributed by atoms with van der Waals surface area (Å²) in [6.07, 6.45) is 0.554. The second kappa shape index (κ2) is 9.12. The summed E-state index contributed by atoms with van der Waals surface area (Å²) in [7, 11) is 0. The standard InChI is InChI=1S/C21H24F3N5O5/c1-12(21(22,23)24)11-28-18-13(2-5-15(30)27-6-8-34-9-7-27)10-25-29(18)20(33)16(19(28)32)17(31)26-14-3-4-14/h2,5,10,12,14,33H,3-4,6-9,11H2,1H3,(H,26,31)/b5-2+. The van der Waals surface area contributed by atoms with Gasteiger partial charge in [-0.15, -0.1) is 0 Å². The Labute approximate surface area is 191 Å². The molecular weight excluding hydrogens is 459 g/mol. The molecule has 34 heavy (non-hydrogen) atoms. The van der Waals surface area contributed by atoms with Crippen molar-refractivity contribution in [2.45, 2.75) is 38.5 Å². The van der Waals surface area contributed by atoms with Gasteiger partial charge < -0.3 is 20.1 Å². The summed E-state index contributed by atoms with van der Waals surface area (Å²) >= 11 is 0. The summed E-state index contributed by atoms with van der Waals surface area (Å²) in [6.45, 7) is 1.68. The zero-order valence-corrected chi connectivity index (χ0v) is 18.3. The third-order valence-electron chi connectivity index (χ3n) is 5.79. The van der Waals surface area contributed by atoms with Crippen molar-refractivity contribution in [2.75, 3.05) is 26.3 Å². The van der Waals surface area contributed by atoms with Crippen molar-refractivity contribution in [1.29, 1.82) is 0 Å². The summed E-state index contributed by atoms with van der Waals surface area (Å²) in [5.74, 6) is -3.94. The zero-order valence-electron chi connectivity index (χ0n) is 18.3. The maximum Gasteiger partial charge on any atom is 0.393 e. The van der Waals surface area contributed by atoms with Crippen LogP contribution in [-0.4, -0.2) is 74.5 Å². The zero-order chi connectivity index (χ0) is 24.6. The molecule has 0 bridgehead atoms. The van der Waals surface area contributed by atoms with Crippen LogP contribution in [0.25, 0.3) is 11.7 Å². The van der Waals surface area contributed by atoms with Crippen LogP contribution >= 0.6 is 0 Å². The highest BCUT2D eigenvalue weighted by Gasteiger charge is 2.38. The normalized spacial score (nSPS) is 17.9. The van der Waals surface area contributed by atoms with Gasteiger partial charge in [0.2, 0.25) is 11.8 Å². The van der Waals surface area contributed by atoms with E-state index in [9.17, 15) is 32.7 Å². The van der Waals surface area contributed by atoms with Gasteiger partial charge in [-0.05, 0) is 18.9 Å². The largest absolute Gasteiger partial charge is 0.492 e. The second-order valence-electron chi connectivity index (χ2n) is 8.41. The van der Waals surface area contributed by atoms with Gasteiger partial charge in [0.05, 0.1) is 25.3 Å². The number of amides is 2. The van der Waals surface area contributed by atoms with E-state index in [1.807, 2.05) is 0 Å². The number of carbonyl (C=O) groups excluding carboxylic acids is 2. The van der Waals surface area contributed by atoms with Gasteiger partial charge in [0.15, 0.2) is 5.56 Å². The lowest BCUT2D eigenvalue weighted by atomic mass is 10.1. The Hall–Kier alpha value is -3.35. The van der Waals surface area contributed by atoms with Crippen LogP contribution in [0.4, 0.5) is 13.2 Å². The van der Waals surface area contributed by atoms with Crippen molar-refractivity contribution < 1.29 is 32.6 Å². The van der Waals surface area contributed by atoms with E-state index in [0.29, 0.717) is 39.1 Å². The number of aromatic hydroxyl groups is 1. The van der Waals surface area contributed by atoms with Crippen LogP contribution in [0.2, 0.25) is 0 Å². The first-order valence-corrected chi connectivity index (χ1v) is 10.8. The summed E-state index contributed by atoms with van der Waals surface area (Å²) in [5.41, 5.74) is -1.78. The molecule has 2 aliphatic rings. The Morgan fingerprint density at radius 1 is 1.32 bits per heavy atom. The molecule has 2 aromatic heterocycles. The molecule has 13 heteroatoms. The summed E-state index contributed by atoms with van der Waals surface area (Å²) in [6, 6.07) is -0.146. The van der Waals surface area contributed by atoms with Gasteiger partial charge in [0.1, 0.15) is 5.65 Å². The minimum absolute atomic E-state index is 0.137. The van der Waals surface area contributed by atoms with Gasteiger partial charge in [0.25, 0.3) is 11.5 Å². The molecule has 2 aromatic rings. The van der Waals surface area contributed by atoms with Gasteiger partial charge in [-0.1, -0.05) is 6.92 Å². The Balaban J connectivity index is 1.78. The SMILES string of the molecule is CC(Cn1c(=O)c(C(=O)NC2CC2)c(O)n2ncc(/C=C/C(=O)N3CCOCC3)c12)C(F)(F)F. The molecule has 2 N–H and O–H groups in total. The monoisotopic (exact) mass is 483 g/mol. The van der Waals surface area contributed by atoms with E-state index in [1.165, 1.54) is 18.3 Å². The Morgan fingerprint density at radius 3 is 2.62 bits per heavy atom. The van der Waals surface area contributed by atoms with E-state index in [4.69, 9.17) is 4.74 Å². The summed E-state index contributed by atoms with van der Waals surface area (Å²) in [4.78, 5) is 39.7. The quantitative estimate of drug-likeness (QED) is 0.596. The summed E-state index contributed by atoms with van der Waals surface area (Å²) < 4.78 is 46.8. The lowest BCUT2D eigenvalue weighted by molar-refractivity contribution is -0.172. The highest BCUT2D eigenvalue weighted by molar-refractivity contribution is 5.97. The minimum atomic E-state index is -4.60. The number of morpholine rings is 1. The number of fused-ring (bicyclic) bond motifs is 1. The van der Waals surface area contributed by atoms with E-state index in [2.05, 4.69) is 10.4 Å². The number of nitrogens with zero attached hydrogens (tertiary/aromatic N) is 4. The molecule has 3 heterocycles. The highest BCUT2D eigenvalue weighted by Crippen LogP contribution is 2.29. The first-order chi connectivity index (χ1) is 16.1. The van der Waals surface area contributed by atoms with Gasteiger partial charge in [-0.25, -0.2) is 0 Å². The number of carbonyl (C=O) groups is 2. The number of halogens is 3. The van der Waals surface area contributed by atoms with Crippen molar-refractivity contribution >= 4 is 23.5 Å². The van der Waals surface area contributed by atoms with E-state index < -0.39 is 41.5 Å². The fraction of sp³-hybridized carbons (Fsp3) is 0.524. The smallest absolute Gasteiger partial charge is 0.393 e. The number of rotatable bonds is 6. The molecule has 1 saturated heterocycles. The average Bonchev–Trinajstić information content (AvgIpc) is 3.50. The third kappa shape index (κ3) is 4.79. The van der Waals surface area contributed by atoms with Crippen molar-refractivity contribution in [3.63, 3.8) is 0 Å².